The summed E-state index contributed by atoms with van der Waals surface area (Å²) in [5, 5.41) is 0. The average molecular weight is 141 g/mol. The minimum Gasteiger partial charge on any atom is -0.515 e. The molecule has 7 heteroatoms. The van der Waals surface area contributed by atoms with E-state index >= 15 is 0 Å². The highest BCUT2D eigenvalue weighted by Crippen LogP contribution is 1.58. The van der Waals surface area contributed by atoms with Gasteiger partial charge in [-0.05, 0) is 0 Å². The first-order valence-electron chi connectivity index (χ1n) is 0.887. The lowest BCUT2D eigenvalue weighted by atomic mass is 15.7. The van der Waals surface area contributed by atoms with Gasteiger partial charge in [0.15, 0.2) is 0 Å². The molecule has 0 fully saturated rings. The summed E-state index contributed by atoms with van der Waals surface area (Å²) in [5.74, 6) is 0. The minimum absolute atomic E-state index is 0. The molecule has 0 unspecified atom stereocenters. The first-order chi connectivity index (χ1) is 2.27. The quantitative estimate of drug-likeness (QED) is 0.368. The van der Waals surface area contributed by atoms with Crippen LogP contribution in [-0.2, 0) is 3.48 Å². The van der Waals surface area contributed by atoms with Crippen molar-refractivity contribution in [2.24, 2.45) is 0 Å². The second kappa shape index (κ2) is 9.75. The minimum atomic E-state index is -2.41. The van der Waals surface area contributed by atoms with Crippen LogP contribution in [0.15, 0.2) is 0 Å². The van der Waals surface area contributed by atoms with Gasteiger partial charge in [0.1, 0.15) is 0 Å². The Hall–Kier alpha value is 0.549. The van der Waals surface area contributed by atoms with E-state index in [1.165, 1.54) is 0 Å². The van der Waals surface area contributed by atoms with E-state index in [9.17, 15) is 0 Å². The Kier molecular flexibility index (Phi) is 21.8. The van der Waals surface area contributed by atoms with Crippen molar-refractivity contribution in [2.75, 3.05) is 0 Å². The van der Waals surface area contributed by atoms with E-state index in [2.05, 4.69) is 3.48 Å². The fraction of sp³-hybridized carbons (Fsp3) is 0. The summed E-state index contributed by atoms with van der Waals surface area (Å²) < 4.78 is 3.88. The highest BCUT2D eigenvalue weighted by Gasteiger charge is 1.95. The molecule has 0 aromatic heterocycles. The molecule has 0 aliphatic carbocycles. The summed E-state index contributed by atoms with van der Waals surface area (Å²) in [4.78, 5) is 15.6. The summed E-state index contributed by atoms with van der Waals surface area (Å²) in [7, 11) is -2.41. The molecule has 43 valence electrons. The first-order valence-corrected chi connectivity index (χ1v) is 2.66. The van der Waals surface area contributed by atoms with Crippen molar-refractivity contribution in [3.05, 3.63) is 0 Å². The summed E-state index contributed by atoms with van der Waals surface area (Å²) in [5.41, 5.74) is 0. The van der Waals surface area contributed by atoms with Crippen molar-refractivity contribution < 1.29 is 24.0 Å². The zero-order chi connectivity index (χ0) is 4.28. The van der Waals surface area contributed by atoms with Crippen LogP contribution in [0.4, 0.5) is 0 Å². The van der Waals surface area contributed by atoms with Gasteiger partial charge in [-0.25, -0.2) is 0 Å². The molecule has 0 bridgehead atoms. The van der Waals surface area contributed by atoms with Crippen LogP contribution in [0.5, 0.6) is 0 Å². The maximum atomic E-state index is 7.78. The van der Waals surface area contributed by atoms with E-state index in [1.54, 1.807) is 16.6 Å². The maximum absolute atomic E-state index is 7.78. The highest BCUT2D eigenvalue weighted by molar-refractivity contribution is 6.38. The average Bonchev–Trinajstić information content (AvgIpc) is 1.38. The van der Waals surface area contributed by atoms with Crippen molar-refractivity contribution >= 4 is 26.2 Å². The van der Waals surface area contributed by atoms with Crippen LogP contribution in [0.2, 0.25) is 0 Å². The summed E-state index contributed by atoms with van der Waals surface area (Å²) >= 11 is 1.74. The monoisotopic (exact) mass is 141 g/mol. The zero-order valence-electron chi connectivity index (χ0n) is 3.38. The molecule has 0 aromatic rings. The molecule has 0 aromatic carbocycles. The van der Waals surface area contributed by atoms with Crippen LogP contribution < -0.4 is 0 Å². The molecule has 3 radical (unpaired) electrons. The van der Waals surface area contributed by atoms with Crippen LogP contribution in [-0.4, -0.2) is 46.7 Å². The second-order valence-electron chi connectivity index (χ2n) is 0.400. The summed E-state index contributed by atoms with van der Waals surface area (Å²) in [6.07, 6.45) is 0. The predicted molar refractivity (Wildman–Crippen MR) is 24.3 cm³/mol. The molecule has 0 amide bonds. The number of hydrogen-bond donors (Lipinski definition) is 2. The lowest BCUT2D eigenvalue weighted by molar-refractivity contribution is 0.299. The van der Waals surface area contributed by atoms with Gasteiger partial charge in [-0.15, -0.1) is 0 Å². The maximum Gasteiger partial charge on any atom is 0.539 e. The molecule has 0 heterocycles. The summed E-state index contributed by atoms with van der Waals surface area (Å²) in [6, 6.07) is 0. The van der Waals surface area contributed by atoms with Crippen LogP contribution in [0.25, 0.3) is 0 Å². The Morgan fingerprint density at radius 3 is 1.43 bits per heavy atom. The lowest BCUT2D eigenvalue weighted by Crippen LogP contribution is -2.13. The zero-order valence-corrected chi connectivity index (χ0v) is 5.53. The third-order valence-electron chi connectivity index (χ3n) is 0.105. The van der Waals surface area contributed by atoms with Gasteiger partial charge in [0, 0.05) is 0 Å². The molecular formula is H6AlO5Si. The third kappa shape index (κ3) is 20.9. The molecule has 0 spiro atoms. The summed E-state index contributed by atoms with van der Waals surface area (Å²) in [6.45, 7) is 0. The molecule has 5 nitrogen and oxygen atoms in total. The first kappa shape index (κ1) is 15.6. The normalized spacial score (nSPS) is 6.71. The fourth-order valence-electron chi connectivity index (χ4n) is 0. The van der Waals surface area contributed by atoms with E-state index < -0.39 is 9.53 Å². The van der Waals surface area contributed by atoms with Gasteiger partial charge in [0.05, 0.1) is 0 Å². The topological polar surface area (TPSA) is 113 Å². The van der Waals surface area contributed by atoms with Gasteiger partial charge >= 0.3 is 26.2 Å². The largest absolute Gasteiger partial charge is 0.539 e. The molecule has 6 N–H and O–H groups in total. The SMILES string of the molecule is O.O.O[Si](O)[O][Al]. The van der Waals surface area contributed by atoms with Crippen molar-refractivity contribution in [3.8, 4) is 0 Å². The molecule has 0 saturated heterocycles. The van der Waals surface area contributed by atoms with Gasteiger partial charge < -0.3 is 24.0 Å². The Morgan fingerprint density at radius 2 is 1.43 bits per heavy atom. The van der Waals surface area contributed by atoms with E-state index in [0.29, 0.717) is 0 Å². The molecule has 0 rings (SSSR count). The molecule has 0 aliphatic rings. The fourth-order valence-corrected chi connectivity index (χ4v) is 0. The lowest BCUT2D eigenvalue weighted by Gasteiger charge is -1.88. The van der Waals surface area contributed by atoms with Crippen LogP contribution >= 0.6 is 0 Å². The van der Waals surface area contributed by atoms with E-state index in [-0.39, 0.29) is 11.0 Å². The predicted octanol–water partition coefficient (Wildman–Crippen LogP) is -3.59. The molecule has 0 aliphatic heterocycles. The second-order valence-corrected chi connectivity index (χ2v) is 1.91. The van der Waals surface area contributed by atoms with Crippen LogP contribution in [0.3, 0.4) is 0 Å². The smallest absolute Gasteiger partial charge is 0.515 e. The van der Waals surface area contributed by atoms with Crippen molar-refractivity contribution in [1.29, 1.82) is 0 Å². The van der Waals surface area contributed by atoms with Gasteiger partial charge in [0.25, 0.3) is 0 Å². The van der Waals surface area contributed by atoms with Crippen molar-refractivity contribution in [1.82, 2.24) is 0 Å². The van der Waals surface area contributed by atoms with Gasteiger partial charge in [-0.1, -0.05) is 0 Å². The van der Waals surface area contributed by atoms with Gasteiger partial charge in [-0.2, -0.15) is 0 Å². The van der Waals surface area contributed by atoms with E-state index in [0.717, 1.165) is 0 Å². The molecular weight excluding hydrogens is 135 g/mol. The van der Waals surface area contributed by atoms with Crippen molar-refractivity contribution in [3.63, 3.8) is 0 Å². The van der Waals surface area contributed by atoms with Crippen molar-refractivity contribution in [2.45, 2.75) is 0 Å². The highest BCUT2D eigenvalue weighted by atomic mass is 28.3. The number of hydrogen-bond acceptors (Lipinski definition) is 3. The third-order valence-corrected chi connectivity index (χ3v) is 0.949. The Labute approximate surface area is 50.9 Å². The van der Waals surface area contributed by atoms with Crippen LogP contribution in [0, 0.1) is 0 Å². The molecule has 0 saturated carbocycles. The Bertz CT molecular complexity index is 22.0. The van der Waals surface area contributed by atoms with E-state index in [1.807, 2.05) is 0 Å². The Balaban J connectivity index is -0.0000000800. The molecule has 0 atom stereocenters. The molecule has 7 heavy (non-hydrogen) atoms. The Morgan fingerprint density at radius 1 is 1.29 bits per heavy atom. The van der Waals surface area contributed by atoms with Gasteiger partial charge in [-0.3, -0.25) is 0 Å². The standard InChI is InChI=1S/Al.H2O3Si.2H2O/c;1-4(2)3;;/h;1-2H;2*1H2/q+1;-1;;. The van der Waals surface area contributed by atoms with Crippen LogP contribution in [0.1, 0.15) is 0 Å². The number of rotatable bonds is 1. The van der Waals surface area contributed by atoms with E-state index in [4.69, 9.17) is 9.59 Å². The van der Waals surface area contributed by atoms with Gasteiger partial charge in [0.2, 0.25) is 0 Å².